The van der Waals surface area contributed by atoms with Gasteiger partial charge in [0.1, 0.15) is 0 Å². The minimum absolute atomic E-state index is 0.0361. The fraction of sp³-hybridized carbons (Fsp3) is 0.458. The van der Waals surface area contributed by atoms with Crippen molar-refractivity contribution in [3.8, 4) is 0 Å². The highest BCUT2D eigenvalue weighted by Gasteiger charge is 2.28. The van der Waals surface area contributed by atoms with E-state index in [0.717, 1.165) is 18.5 Å². The lowest BCUT2D eigenvalue weighted by atomic mass is 10.2. The van der Waals surface area contributed by atoms with Crippen LogP contribution in [0.3, 0.4) is 0 Å². The lowest BCUT2D eigenvalue weighted by Crippen LogP contribution is -2.49. The van der Waals surface area contributed by atoms with Gasteiger partial charge in [0.2, 0.25) is 20.0 Å². The maximum atomic E-state index is 12.7. The van der Waals surface area contributed by atoms with Gasteiger partial charge >= 0.3 is 0 Å². The second kappa shape index (κ2) is 11.1. The zero-order chi connectivity index (χ0) is 24.9. The molecule has 2 heterocycles. The summed E-state index contributed by atoms with van der Waals surface area (Å²) in [5, 5.41) is 2.73. The van der Waals surface area contributed by atoms with Gasteiger partial charge in [-0.15, -0.1) is 0 Å². The van der Waals surface area contributed by atoms with Crippen LogP contribution in [0.4, 0.5) is 5.69 Å². The quantitative estimate of drug-likeness (QED) is 0.505. The van der Waals surface area contributed by atoms with E-state index in [0.29, 0.717) is 51.3 Å². The Bertz CT molecular complexity index is 1200. The van der Waals surface area contributed by atoms with Gasteiger partial charge in [0.25, 0.3) is 5.91 Å². The van der Waals surface area contributed by atoms with Gasteiger partial charge in [0, 0.05) is 57.1 Å². The summed E-state index contributed by atoms with van der Waals surface area (Å²) < 4.78 is 53.6. The van der Waals surface area contributed by atoms with E-state index in [1.165, 1.54) is 32.9 Å². The lowest BCUT2D eigenvalue weighted by molar-refractivity contribution is 0.0953. The highest BCUT2D eigenvalue weighted by molar-refractivity contribution is 7.89. The molecule has 9 nitrogen and oxygen atoms in total. The molecule has 0 aromatic heterocycles. The minimum Gasteiger partial charge on any atom is -0.369 e. The van der Waals surface area contributed by atoms with Gasteiger partial charge in [-0.05, 0) is 55.7 Å². The molecule has 2 aliphatic heterocycles. The van der Waals surface area contributed by atoms with Crippen LogP contribution < -0.4 is 10.2 Å². The van der Waals surface area contributed by atoms with Gasteiger partial charge in [-0.3, -0.25) is 4.79 Å². The highest BCUT2D eigenvalue weighted by Crippen LogP contribution is 2.21. The summed E-state index contributed by atoms with van der Waals surface area (Å²) in [6.45, 7) is 3.43. The molecule has 0 saturated carbocycles. The topological polar surface area (TPSA) is 107 Å². The fourth-order valence-electron chi connectivity index (χ4n) is 4.41. The molecule has 2 aromatic rings. The molecule has 1 N–H and O–H groups in total. The number of carbonyl (C=O) groups excluding carboxylic acids is 1. The Morgan fingerprint density at radius 2 is 1.40 bits per heavy atom. The van der Waals surface area contributed by atoms with Crippen LogP contribution in [-0.2, 0) is 20.0 Å². The van der Waals surface area contributed by atoms with E-state index < -0.39 is 20.0 Å². The number of nitrogens with zero attached hydrogens (tertiary/aromatic N) is 3. The molecule has 190 valence electrons. The van der Waals surface area contributed by atoms with Crippen LogP contribution in [0.2, 0.25) is 0 Å². The number of sulfonamides is 2. The number of rotatable bonds is 9. The molecule has 4 rings (SSSR count). The standard InChI is InChI=1S/C24H32N4O5S2/c29-24(21-9-11-23(12-10-21)35(32,33)28-14-4-5-15-28)25-13-6-20-34(30,31)27-18-16-26(17-19-27)22-7-2-1-3-8-22/h1-3,7-12H,4-6,13-20H2,(H,25,29). The molecular formula is C24H32N4O5S2. The van der Waals surface area contributed by atoms with Gasteiger partial charge in [-0.1, -0.05) is 18.2 Å². The van der Waals surface area contributed by atoms with Crippen LogP contribution in [0.5, 0.6) is 0 Å². The first-order chi connectivity index (χ1) is 16.8. The Morgan fingerprint density at radius 3 is 2.03 bits per heavy atom. The first-order valence-corrected chi connectivity index (χ1v) is 15.0. The summed E-state index contributed by atoms with van der Waals surface area (Å²) in [5.74, 6) is -0.393. The molecule has 2 fully saturated rings. The van der Waals surface area contributed by atoms with E-state index in [4.69, 9.17) is 0 Å². The molecule has 0 atom stereocenters. The molecule has 0 unspecified atom stereocenters. The summed E-state index contributed by atoms with van der Waals surface area (Å²) in [4.78, 5) is 14.8. The molecule has 0 bridgehead atoms. The van der Waals surface area contributed by atoms with Crippen molar-refractivity contribution in [2.45, 2.75) is 24.2 Å². The van der Waals surface area contributed by atoms with Gasteiger partial charge in [0.15, 0.2) is 0 Å². The van der Waals surface area contributed by atoms with Crippen molar-refractivity contribution in [3.63, 3.8) is 0 Å². The van der Waals surface area contributed by atoms with Crippen LogP contribution in [0, 0.1) is 0 Å². The molecular weight excluding hydrogens is 488 g/mol. The van der Waals surface area contributed by atoms with E-state index in [1.54, 1.807) is 0 Å². The van der Waals surface area contributed by atoms with Crippen LogP contribution in [0.1, 0.15) is 29.6 Å². The first kappa shape index (κ1) is 25.6. The normalized spacial score (nSPS) is 18.0. The van der Waals surface area contributed by atoms with Crippen LogP contribution in [-0.4, -0.2) is 82.9 Å². The molecule has 1 amide bonds. The first-order valence-electron chi connectivity index (χ1n) is 11.9. The van der Waals surface area contributed by atoms with Crippen LogP contribution in [0.25, 0.3) is 0 Å². The number of hydrogen-bond acceptors (Lipinski definition) is 6. The minimum atomic E-state index is -3.52. The van der Waals surface area contributed by atoms with Crippen LogP contribution >= 0.6 is 0 Å². The predicted molar refractivity (Wildman–Crippen MR) is 135 cm³/mol. The van der Waals surface area contributed by atoms with Crippen molar-refractivity contribution in [2.75, 3.05) is 56.5 Å². The third-order valence-corrected chi connectivity index (χ3v) is 10.3. The van der Waals surface area contributed by atoms with E-state index >= 15 is 0 Å². The smallest absolute Gasteiger partial charge is 0.251 e. The summed E-state index contributed by atoms with van der Waals surface area (Å²) in [5.41, 5.74) is 1.43. The fourth-order valence-corrected chi connectivity index (χ4v) is 7.41. The molecule has 2 aromatic carbocycles. The molecule has 0 radical (unpaired) electrons. The Morgan fingerprint density at radius 1 is 0.771 bits per heavy atom. The predicted octanol–water partition coefficient (Wildman–Crippen LogP) is 1.74. The Hall–Kier alpha value is -2.47. The molecule has 11 heteroatoms. The SMILES string of the molecule is O=C(NCCCS(=O)(=O)N1CCN(c2ccccc2)CC1)c1ccc(S(=O)(=O)N2CCCC2)cc1. The van der Waals surface area contributed by atoms with E-state index in [-0.39, 0.29) is 23.1 Å². The monoisotopic (exact) mass is 520 g/mol. The van der Waals surface area contributed by atoms with Crippen molar-refractivity contribution < 1.29 is 21.6 Å². The van der Waals surface area contributed by atoms with Gasteiger partial charge in [-0.2, -0.15) is 8.61 Å². The second-order valence-corrected chi connectivity index (χ2v) is 12.8. The number of nitrogens with one attached hydrogen (secondary N) is 1. The van der Waals surface area contributed by atoms with Crippen molar-refractivity contribution >= 4 is 31.6 Å². The van der Waals surface area contributed by atoms with E-state index in [1.807, 2.05) is 30.3 Å². The zero-order valence-corrected chi connectivity index (χ0v) is 21.3. The second-order valence-electron chi connectivity index (χ2n) is 8.78. The molecule has 2 saturated heterocycles. The summed E-state index contributed by atoms with van der Waals surface area (Å²) in [6.07, 6.45) is 2.02. The van der Waals surface area contributed by atoms with E-state index in [2.05, 4.69) is 10.2 Å². The number of carbonyl (C=O) groups is 1. The third-order valence-electron chi connectivity index (χ3n) is 6.44. The number of piperazine rings is 1. The summed E-state index contributed by atoms with van der Waals surface area (Å²) >= 11 is 0. The maximum absolute atomic E-state index is 12.7. The number of amides is 1. The van der Waals surface area contributed by atoms with Gasteiger partial charge in [0.05, 0.1) is 10.6 Å². The molecule has 2 aliphatic rings. The number of anilines is 1. The lowest BCUT2D eigenvalue weighted by Gasteiger charge is -2.35. The summed E-state index contributed by atoms with van der Waals surface area (Å²) in [6, 6.07) is 15.8. The molecule has 35 heavy (non-hydrogen) atoms. The summed E-state index contributed by atoms with van der Waals surface area (Å²) in [7, 11) is -6.92. The Labute approximate surface area is 207 Å². The van der Waals surface area contributed by atoms with E-state index in [9.17, 15) is 21.6 Å². The average molecular weight is 521 g/mol. The maximum Gasteiger partial charge on any atom is 0.251 e. The third kappa shape index (κ3) is 6.21. The molecule has 0 aliphatic carbocycles. The Balaban J connectivity index is 1.21. The van der Waals surface area contributed by atoms with Crippen molar-refractivity contribution in [1.82, 2.24) is 13.9 Å². The van der Waals surface area contributed by atoms with Crippen molar-refractivity contribution in [1.29, 1.82) is 0 Å². The largest absolute Gasteiger partial charge is 0.369 e. The number of para-hydroxylation sites is 1. The molecule has 0 spiro atoms. The zero-order valence-electron chi connectivity index (χ0n) is 19.7. The van der Waals surface area contributed by atoms with Crippen LogP contribution in [0.15, 0.2) is 59.5 Å². The number of benzene rings is 2. The van der Waals surface area contributed by atoms with Gasteiger partial charge < -0.3 is 10.2 Å². The van der Waals surface area contributed by atoms with Crippen molar-refractivity contribution in [3.05, 3.63) is 60.2 Å². The Kier molecular flexibility index (Phi) is 8.10. The average Bonchev–Trinajstić information content (AvgIpc) is 3.43. The van der Waals surface area contributed by atoms with Gasteiger partial charge in [-0.25, -0.2) is 16.8 Å². The van der Waals surface area contributed by atoms with Crippen molar-refractivity contribution in [2.24, 2.45) is 0 Å². The number of hydrogen-bond donors (Lipinski definition) is 1. The highest BCUT2D eigenvalue weighted by atomic mass is 32.2.